The standard InChI is InChI=1S/C27H34N6O2/c1-2-20-15-24-25(31-26(20)34)14-19(16-28-24)18-32-10-12-33(13-11-32)22-8-9-23(29-17-22)27(35)30-21-6-4-3-5-7-21/h8-9,14-17,21H,2-7,10-13,18H2,1H3,(H,30,35)(H,31,34). The second-order valence-corrected chi connectivity index (χ2v) is 9.73. The number of anilines is 1. The summed E-state index contributed by atoms with van der Waals surface area (Å²) in [7, 11) is 0. The van der Waals surface area contributed by atoms with Crippen molar-refractivity contribution in [2.24, 2.45) is 0 Å². The Bertz CT molecular complexity index is 1220. The Balaban J connectivity index is 1.15. The van der Waals surface area contributed by atoms with Crippen molar-refractivity contribution in [3.05, 3.63) is 63.8 Å². The lowest BCUT2D eigenvalue weighted by atomic mass is 9.95. The van der Waals surface area contributed by atoms with E-state index >= 15 is 0 Å². The molecular weight excluding hydrogens is 440 g/mol. The molecule has 8 heteroatoms. The molecule has 2 aliphatic rings. The molecule has 2 N–H and O–H groups in total. The fraction of sp³-hybridized carbons (Fsp3) is 0.481. The summed E-state index contributed by atoms with van der Waals surface area (Å²) in [6.45, 7) is 6.41. The van der Waals surface area contributed by atoms with Gasteiger partial charge in [-0.2, -0.15) is 0 Å². The Labute approximate surface area is 205 Å². The van der Waals surface area contributed by atoms with Crippen LogP contribution in [0.3, 0.4) is 0 Å². The number of fused-ring (bicyclic) bond motifs is 1. The lowest BCUT2D eigenvalue weighted by Crippen LogP contribution is -2.46. The zero-order valence-electron chi connectivity index (χ0n) is 20.4. The number of rotatable bonds is 6. The molecule has 1 saturated heterocycles. The highest BCUT2D eigenvalue weighted by molar-refractivity contribution is 5.92. The average molecular weight is 475 g/mol. The van der Waals surface area contributed by atoms with Gasteiger partial charge in [-0.15, -0.1) is 0 Å². The van der Waals surface area contributed by atoms with Crippen LogP contribution in [0.2, 0.25) is 0 Å². The van der Waals surface area contributed by atoms with Crippen LogP contribution >= 0.6 is 0 Å². The maximum Gasteiger partial charge on any atom is 0.270 e. The minimum absolute atomic E-state index is 0.0290. The normalized spacial score (nSPS) is 17.6. The first-order valence-corrected chi connectivity index (χ1v) is 12.8. The predicted molar refractivity (Wildman–Crippen MR) is 138 cm³/mol. The van der Waals surface area contributed by atoms with Crippen molar-refractivity contribution < 1.29 is 4.79 Å². The number of carbonyl (C=O) groups excluding carboxylic acids is 1. The molecule has 1 aliphatic heterocycles. The fourth-order valence-corrected chi connectivity index (χ4v) is 5.15. The molecule has 5 rings (SSSR count). The number of nitrogens with zero attached hydrogens (tertiary/aromatic N) is 4. The zero-order valence-corrected chi connectivity index (χ0v) is 20.4. The van der Waals surface area contributed by atoms with Crippen molar-refractivity contribution in [2.75, 3.05) is 31.1 Å². The number of carbonyl (C=O) groups is 1. The molecule has 0 spiro atoms. The summed E-state index contributed by atoms with van der Waals surface area (Å²) in [5.41, 5.74) is 5.00. The molecule has 4 heterocycles. The second kappa shape index (κ2) is 10.6. The molecule has 0 radical (unpaired) electrons. The molecule has 8 nitrogen and oxygen atoms in total. The van der Waals surface area contributed by atoms with E-state index in [0.29, 0.717) is 12.1 Å². The Morgan fingerprint density at radius 2 is 1.86 bits per heavy atom. The van der Waals surface area contributed by atoms with E-state index in [4.69, 9.17) is 0 Å². The van der Waals surface area contributed by atoms with Gasteiger partial charge in [0, 0.05) is 50.5 Å². The van der Waals surface area contributed by atoms with Crippen molar-refractivity contribution in [1.82, 2.24) is 25.2 Å². The van der Waals surface area contributed by atoms with Gasteiger partial charge in [-0.05, 0) is 49.1 Å². The quantitative estimate of drug-likeness (QED) is 0.570. The van der Waals surface area contributed by atoms with Crippen LogP contribution < -0.4 is 15.8 Å². The third kappa shape index (κ3) is 5.53. The molecular formula is C27H34N6O2. The van der Waals surface area contributed by atoms with Gasteiger partial charge in [-0.1, -0.05) is 26.2 Å². The van der Waals surface area contributed by atoms with Crippen LogP contribution in [0.4, 0.5) is 5.69 Å². The van der Waals surface area contributed by atoms with Crippen molar-refractivity contribution in [2.45, 2.75) is 58.0 Å². The third-order valence-corrected chi connectivity index (χ3v) is 7.27. The molecule has 0 bridgehead atoms. The first-order valence-electron chi connectivity index (χ1n) is 12.8. The summed E-state index contributed by atoms with van der Waals surface area (Å²) in [5.74, 6) is -0.0653. The van der Waals surface area contributed by atoms with Crippen LogP contribution in [0, 0.1) is 0 Å². The summed E-state index contributed by atoms with van der Waals surface area (Å²) in [5, 5.41) is 3.14. The highest BCUT2D eigenvalue weighted by Crippen LogP contribution is 2.20. The van der Waals surface area contributed by atoms with Gasteiger partial charge in [0.25, 0.3) is 11.5 Å². The van der Waals surface area contributed by atoms with Crippen molar-refractivity contribution in [3.8, 4) is 0 Å². The summed E-state index contributed by atoms with van der Waals surface area (Å²) >= 11 is 0. The summed E-state index contributed by atoms with van der Waals surface area (Å²) in [6, 6.07) is 8.06. The monoisotopic (exact) mass is 474 g/mol. The topological polar surface area (TPSA) is 94.2 Å². The minimum Gasteiger partial charge on any atom is -0.368 e. The smallest absolute Gasteiger partial charge is 0.270 e. The fourth-order valence-electron chi connectivity index (χ4n) is 5.15. The molecule has 184 valence electrons. The molecule has 0 aromatic carbocycles. The first kappa shape index (κ1) is 23.5. The van der Waals surface area contributed by atoms with Crippen LogP contribution in [0.25, 0.3) is 11.0 Å². The molecule has 3 aromatic heterocycles. The SMILES string of the molecule is CCc1cc2ncc(CN3CCN(c4ccc(C(=O)NC5CCCCC5)nc4)CC3)cc2[nH]c1=O. The molecule has 2 fully saturated rings. The Kier molecular flexibility index (Phi) is 7.08. The van der Waals surface area contributed by atoms with E-state index in [1.807, 2.05) is 43.6 Å². The van der Waals surface area contributed by atoms with Crippen molar-refractivity contribution in [1.29, 1.82) is 0 Å². The van der Waals surface area contributed by atoms with Crippen LogP contribution in [0.5, 0.6) is 0 Å². The van der Waals surface area contributed by atoms with Gasteiger partial charge in [-0.3, -0.25) is 19.5 Å². The molecule has 35 heavy (non-hydrogen) atoms. The van der Waals surface area contributed by atoms with Crippen LogP contribution in [-0.2, 0) is 13.0 Å². The number of pyridine rings is 3. The molecule has 1 saturated carbocycles. The lowest BCUT2D eigenvalue weighted by molar-refractivity contribution is 0.0922. The third-order valence-electron chi connectivity index (χ3n) is 7.27. The highest BCUT2D eigenvalue weighted by atomic mass is 16.2. The summed E-state index contributed by atoms with van der Waals surface area (Å²) in [6.07, 6.45) is 10.2. The van der Waals surface area contributed by atoms with Gasteiger partial charge >= 0.3 is 0 Å². The highest BCUT2D eigenvalue weighted by Gasteiger charge is 2.20. The number of aromatic amines is 1. The number of aryl methyl sites for hydroxylation is 1. The Morgan fingerprint density at radius 3 is 2.57 bits per heavy atom. The van der Waals surface area contributed by atoms with Gasteiger partial charge < -0.3 is 15.2 Å². The lowest BCUT2D eigenvalue weighted by Gasteiger charge is -2.36. The molecule has 1 amide bonds. The van der Waals surface area contributed by atoms with Crippen molar-refractivity contribution in [3.63, 3.8) is 0 Å². The number of nitrogens with one attached hydrogen (secondary N) is 2. The molecule has 0 atom stereocenters. The van der Waals surface area contributed by atoms with Gasteiger partial charge in [0.2, 0.25) is 0 Å². The van der Waals surface area contributed by atoms with E-state index in [0.717, 1.165) is 73.4 Å². The van der Waals surface area contributed by atoms with E-state index < -0.39 is 0 Å². The van der Waals surface area contributed by atoms with E-state index in [1.54, 1.807) is 0 Å². The summed E-state index contributed by atoms with van der Waals surface area (Å²) < 4.78 is 0. The number of hydrogen-bond acceptors (Lipinski definition) is 6. The number of H-pyrrole nitrogens is 1. The van der Waals surface area contributed by atoms with Gasteiger partial charge in [0.15, 0.2) is 0 Å². The number of piperazine rings is 1. The van der Waals surface area contributed by atoms with E-state index in [9.17, 15) is 9.59 Å². The van der Waals surface area contributed by atoms with Crippen molar-refractivity contribution >= 4 is 22.6 Å². The maximum absolute atomic E-state index is 12.5. The number of aromatic nitrogens is 3. The maximum atomic E-state index is 12.5. The second-order valence-electron chi connectivity index (χ2n) is 9.73. The largest absolute Gasteiger partial charge is 0.368 e. The van der Waals surface area contributed by atoms with Gasteiger partial charge in [0.05, 0.1) is 22.9 Å². The number of amides is 1. The van der Waals surface area contributed by atoms with Crippen LogP contribution in [0.1, 0.15) is 60.6 Å². The van der Waals surface area contributed by atoms with E-state index in [-0.39, 0.29) is 17.5 Å². The van der Waals surface area contributed by atoms with E-state index in [2.05, 4.69) is 30.1 Å². The van der Waals surface area contributed by atoms with Gasteiger partial charge in [0.1, 0.15) is 5.69 Å². The zero-order chi connectivity index (χ0) is 24.2. The van der Waals surface area contributed by atoms with E-state index in [1.165, 1.54) is 19.3 Å². The Morgan fingerprint density at radius 1 is 1.06 bits per heavy atom. The first-order chi connectivity index (χ1) is 17.1. The summed E-state index contributed by atoms with van der Waals surface area (Å²) in [4.78, 5) is 41.4. The van der Waals surface area contributed by atoms with Gasteiger partial charge in [-0.25, -0.2) is 4.98 Å². The van der Waals surface area contributed by atoms with Crippen LogP contribution in [0.15, 0.2) is 41.5 Å². The predicted octanol–water partition coefficient (Wildman–Crippen LogP) is 3.27. The van der Waals surface area contributed by atoms with Crippen LogP contribution in [-0.4, -0.2) is 58.0 Å². The Hall–Kier alpha value is -3.26. The molecule has 3 aromatic rings. The number of hydrogen-bond donors (Lipinski definition) is 2. The average Bonchev–Trinajstić information content (AvgIpc) is 2.89. The molecule has 1 aliphatic carbocycles. The molecule has 0 unspecified atom stereocenters. The minimum atomic E-state index is -0.0653.